The molecule has 0 saturated heterocycles. The molecule has 0 bridgehead atoms. The second-order valence-corrected chi connectivity index (χ2v) is 4.38. The summed E-state index contributed by atoms with van der Waals surface area (Å²) in [6.45, 7) is 0.807. The number of methoxy groups -OCH3 is 1. The molecular formula is C16H15O2+. The lowest BCUT2D eigenvalue weighted by atomic mass is 10.1. The minimum absolute atomic E-state index is 0.807. The molecule has 0 aromatic heterocycles. The average molecular weight is 239 g/mol. The molecule has 0 N–H and O–H groups in total. The highest BCUT2D eigenvalue weighted by Crippen LogP contribution is 2.11. The summed E-state index contributed by atoms with van der Waals surface area (Å²) in [5.74, 6) is 0.884. The molecule has 0 amide bonds. The van der Waals surface area contributed by atoms with Crippen molar-refractivity contribution >= 4 is 6.08 Å². The Hall–Kier alpha value is -2.09. The number of ether oxygens (including phenoxy) is 1. The third-order valence-electron chi connectivity index (χ3n) is 3.16. The van der Waals surface area contributed by atoms with Crippen LogP contribution in [-0.2, 0) is 6.42 Å². The molecule has 3 rings (SSSR count). The Labute approximate surface area is 106 Å². The van der Waals surface area contributed by atoms with Crippen LogP contribution in [0, 0.1) is 0 Å². The molecular weight excluding hydrogens is 224 g/mol. The van der Waals surface area contributed by atoms with Gasteiger partial charge in [0.15, 0.2) is 0 Å². The minimum atomic E-state index is 0.807. The van der Waals surface area contributed by atoms with Gasteiger partial charge >= 0.3 is 5.43 Å². The van der Waals surface area contributed by atoms with E-state index in [9.17, 15) is 0 Å². The molecule has 1 heterocycles. The van der Waals surface area contributed by atoms with Crippen molar-refractivity contribution in [3.8, 4) is 5.75 Å². The van der Waals surface area contributed by atoms with Crippen molar-refractivity contribution in [1.82, 2.24) is 0 Å². The van der Waals surface area contributed by atoms with Crippen LogP contribution >= 0.6 is 0 Å². The standard InChI is InChI=1S/C16H15O2/c1-17-15-5-2-12(3-6-15)10-13-4-7-16-14(11-13)8-9-18-16/h2-7,10-11H,8-9H2,1H3/q+1/b13-10-. The summed E-state index contributed by atoms with van der Waals surface area (Å²) in [5.41, 5.74) is 3.51. The van der Waals surface area contributed by atoms with Gasteiger partial charge in [-0.15, -0.1) is 0 Å². The minimum Gasteiger partial charge on any atom is -0.497 e. The van der Waals surface area contributed by atoms with Crippen molar-refractivity contribution in [2.24, 2.45) is 0 Å². The molecule has 2 heteroatoms. The third-order valence-corrected chi connectivity index (χ3v) is 3.16. The van der Waals surface area contributed by atoms with Crippen LogP contribution in [0.15, 0.2) is 46.9 Å². The van der Waals surface area contributed by atoms with Crippen LogP contribution in [-0.4, -0.2) is 13.7 Å². The Morgan fingerprint density at radius 3 is 2.72 bits per heavy atom. The first-order valence-corrected chi connectivity index (χ1v) is 6.10. The van der Waals surface area contributed by atoms with Gasteiger partial charge in [-0.3, -0.25) is 4.42 Å². The maximum atomic E-state index is 5.50. The van der Waals surface area contributed by atoms with E-state index in [1.807, 2.05) is 12.1 Å². The number of rotatable bonds is 2. The molecule has 18 heavy (non-hydrogen) atoms. The van der Waals surface area contributed by atoms with Crippen molar-refractivity contribution in [1.29, 1.82) is 0 Å². The van der Waals surface area contributed by atoms with Crippen molar-refractivity contribution in [2.45, 2.75) is 6.42 Å². The molecule has 0 unspecified atom stereocenters. The molecule has 90 valence electrons. The van der Waals surface area contributed by atoms with Gasteiger partial charge in [0.25, 0.3) is 6.61 Å². The van der Waals surface area contributed by atoms with Gasteiger partial charge in [-0.05, 0) is 41.1 Å². The van der Waals surface area contributed by atoms with Gasteiger partial charge in [0, 0.05) is 6.07 Å². The predicted molar refractivity (Wildman–Crippen MR) is 73.1 cm³/mol. The topological polar surface area (TPSA) is 20.5 Å². The van der Waals surface area contributed by atoms with Crippen LogP contribution in [0.2, 0.25) is 0 Å². The van der Waals surface area contributed by atoms with Gasteiger partial charge < -0.3 is 4.74 Å². The van der Waals surface area contributed by atoms with Gasteiger partial charge in [-0.25, -0.2) is 0 Å². The van der Waals surface area contributed by atoms with Gasteiger partial charge in [0.05, 0.1) is 19.1 Å². The van der Waals surface area contributed by atoms with Crippen LogP contribution in [0.5, 0.6) is 5.75 Å². The number of fused-ring (bicyclic) bond motifs is 1. The lowest BCUT2D eigenvalue weighted by Crippen LogP contribution is -2.11. The van der Waals surface area contributed by atoms with Gasteiger partial charge in [-0.1, -0.05) is 12.1 Å². The summed E-state index contributed by atoms with van der Waals surface area (Å²) >= 11 is 0. The van der Waals surface area contributed by atoms with E-state index in [-0.39, 0.29) is 0 Å². The first-order chi connectivity index (χ1) is 8.85. The van der Waals surface area contributed by atoms with Crippen molar-refractivity contribution in [2.75, 3.05) is 13.7 Å². The molecule has 2 aromatic carbocycles. The monoisotopic (exact) mass is 239 g/mol. The normalized spacial score (nSPS) is 14.2. The zero-order valence-electron chi connectivity index (χ0n) is 10.3. The second kappa shape index (κ2) is 4.65. The SMILES string of the molecule is COc1ccc(/C=c2/ccc3c(c2)CC[O+]=3)cc1. The quantitative estimate of drug-likeness (QED) is 0.730. The molecule has 1 aliphatic rings. The smallest absolute Gasteiger partial charge is 0.347 e. The van der Waals surface area contributed by atoms with E-state index in [0.29, 0.717) is 0 Å². The molecule has 2 aromatic rings. The lowest BCUT2D eigenvalue weighted by molar-refractivity contribution is 0.415. The third kappa shape index (κ3) is 2.14. The first kappa shape index (κ1) is 11.0. The fourth-order valence-electron chi connectivity index (χ4n) is 2.19. The van der Waals surface area contributed by atoms with E-state index in [4.69, 9.17) is 9.16 Å². The van der Waals surface area contributed by atoms with Crippen LogP contribution < -0.4 is 15.4 Å². The maximum absolute atomic E-state index is 5.50. The van der Waals surface area contributed by atoms with Gasteiger partial charge in [0.1, 0.15) is 5.75 Å². The number of hydrogen-bond donors (Lipinski definition) is 0. The van der Waals surface area contributed by atoms with Crippen LogP contribution in [0.4, 0.5) is 0 Å². The van der Waals surface area contributed by atoms with E-state index in [0.717, 1.165) is 24.2 Å². The van der Waals surface area contributed by atoms with E-state index < -0.39 is 0 Å². The van der Waals surface area contributed by atoms with E-state index in [1.165, 1.54) is 16.3 Å². The maximum Gasteiger partial charge on any atom is 0.347 e. The van der Waals surface area contributed by atoms with E-state index in [2.05, 4.69) is 36.4 Å². The van der Waals surface area contributed by atoms with E-state index in [1.54, 1.807) is 7.11 Å². The highest BCUT2D eigenvalue weighted by Gasteiger charge is 2.13. The summed E-state index contributed by atoms with van der Waals surface area (Å²) < 4.78 is 10.7. The Balaban J connectivity index is 1.98. The van der Waals surface area contributed by atoms with Crippen LogP contribution in [0.3, 0.4) is 0 Å². The summed E-state index contributed by atoms with van der Waals surface area (Å²) in [4.78, 5) is 0. The average Bonchev–Trinajstić information content (AvgIpc) is 2.87. The lowest BCUT2D eigenvalue weighted by Gasteiger charge is -1.98. The molecule has 0 saturated carbocycles. The summed E-state index contributed by atoms with van der Waals surface area (Å²) in [7, 11) is 1.68. The largest absolute Gasteiger partial charge is 0.497 e. The number of benzene rings is 2. The Kier molecular flexibility index (Phi) is 2.85. The van der Waals surface area contributed by atoms with E-state index >= 15 is 0 Å². The highest BCUT2D eigenvalue weighted by molar-refractivity contribution is 5.51. The molecule has 0 radical (unpaired) electrons. The zero-order chi connectivity index (χ0) is 12.4. The summed E-state index contributed by atoms with van der Waals surface area (Å²) in [6.07, 6.45) is 3.18. The Morgan fingerprint density at radius 1 is 1.11 bits per heavy atom. The fraction of sp³-hybridized carbons (Fsp3) is 0.188. The zero-order valence-corrected chi connectivity index (χ0v) is 10.3. The fourth-order valence-corrected chi connectivity index (χ4v) is 2.19. The molecule has 0 spiro atoms. The van der Waals surface area contributed by atoms with Gasteiger partial charge in [-0.2, -0.15) is 0 Å². The van der Waals surface area contributed by atoms with Crippen LogP contribution in [0.25, 0.3) is 6.08 Å². The molecule has 2 nitrogen and oxygen atoms in total. The van der Waals surface area contributed by atoms with Crippen LogP contribution in [0.1, 0.15) is 11.1 Å². The number of hydrogen-bond acceptors (Lipinski definition) is 1. The van der Waals surface area contributed by atoms with Gasteiger partial charge in [0.2, 0.25) is 0 Å². The van der Waals surface area contributed by atoms with Crippen molar-refractivity contribution in [3.05, 3.63) is 68.7 Å². The van der Waals surface area contributed by atoms with Crippen molar-refractivity contribution in [3.63, 3.8) is 0 Å². The highest BCUT2D eigenvalue weighted by atomic mass is 16.5. The molecule has 0 aliphatic carbocycles. The predicted octanol–water partition coefficient (Wildman–Crippen LogP) is 1.69. The second-order valence-electron chi connectivity index (χ2n) is 4.38. The molecule has 1 aliphatic heterocycles. The Bertz CT molecular complexity index is 669. The molecule has 0 atom stereocenters. The summed E-state index contributed by atoms with van der Waals surface area (Å²) in [6, 6.07) is 14.4. The first-order valence-electron chi connectivity index (χ1n) is 6.10. The van der Waals surface area contributed by atoms with Crippen molar-refractivity contribution < 1.29 is 4.74 Å². The summed E-state index contributed by atoms with van der Waals surface area (Å²) in [5, 5.41) is 1.21. The Morgan fingerprint density at radius 2 is 1.94 bits per heavy atom. The molecule has 0 fully saturated rings.